The quantitative estimate of drug-likeness (QED) is 0.694. The molecule has 1 aliphatic rings. The van der Waals surface area contributed by atoms with Crippen molar-refractivity contribution in [3.05, 3.63) is 78.0 Å². The van der Waals surface area contributed by atoms with E-state index in [0.29, 0.717) is 5.92 Å². The Kier molecular flexibility index (Phi) is 5.12. The van der Waals surface area contributed by atoms with Gasteiger partial charge in [0.05, 0.1) is 0 Å². The number of hydrogen-bond donors (Lipinski definition) is 0. The van der Waals surface area contributed by atoms with Crippen LogP contribution in [-0.2, 0) is 13.0 Å². The molecular formula is C22H26N4. The minimum absolute atomic E-state index is 0.501. The highest BCUT2D eigenvalue weighted by Gasteiger charge is 2.22. The average Bonchev–Trinajstić information content (AvgIpc) is 3.18. The summed E-state index contributed by atoms with van der Waals surface area (Å²) in [6, 6.07) is 17.2. The molecule has 0 saturated carbocycles. The first kappa shape index (κ1) is 17.0. The van der Waals surface area contributed by atoms with Gasteiger partial charge in [-0.1, -0.05) is 43.3 Å². The van der Waals surface area contributed by atoms with Crippen molar-refractivity contribution in [3.63, 3.8) is 0 Å². The van der Waals surface area contributed by atoms with Gasteiger partial charge in [0.1, 0.15) is 11.6 Å². The lowest BCUT2D eigenvalue weighted by molar-refractivity contribution is 0.198. The third-order valence-electron chi connectivity index (χ3n) is 5.21. The second-order valence-electron chi connectivity index (χ2n) is 7.05. The number of imidazole rings is 1. The number of nitrogens with zero attached hydrogens (tertiary/aromatic N) is 4. The Bertz CT molecular complexity index is 840. The van der Waals surface area contributed by atoms with E-state index in [1.54, 1.807) is 0 Å². The van der Waals surface area contributed by atoms with Crippen LogP contribution in [0.1, 0.15) is 42.8 Å². The zero-order valence-corrected chi connectivity index (χ0v) is 15.4. The van der Waals surface area contributed by atoms with Gasteiger partial charge in [-0.3, -0.25) is 9.47 Å². The molecule has 134 valence electrons. The zero-order valence-electron chi connectivity index (χ0n) is 15.4. The van der Waals surface area contributed by atoms with Gasteiger partial charge in [0.15, 0.2) is 0 Å². The number of benzene rings is 1. The van der Waals surface area contributed by atoms with Crippen molar-refractivity contribution in [1.29, 1.82) is 0 Å². The smallest absolute Gasteiger partial charge is 0.138 e. The molecule has 4 heteroatoms. The third-order valence-corrected chi connectivity index (χ3v) is 5.21. The standard InChI is InChI=1S/C22H26N4/c1-2-21-23-13-15-26(21)22-12-6-11-20(24-22)19-10-7-14-25(17-19)16-18-8-4-3-5-9-18/h3-6,8-9,11-13,15,19H,2,7,10,14,16-17H2,1H3/t19-/m0/s1. The van der Waals surface area contributed by atoms with Crippen LogP contribution in [0.5, 0.6) is 0 Å². The van der Waals surface area contributed by atoms with E-state index < -0.39 is 0 Å². The summed E-state index contributed by atoms with van der Waals surface area (Å²) in [5.41, 5.74) is 2.59. The zero-order chi connectivity index (χ0) is 17.8. The average molecular weight is 346 g/mol. The molecule has 1 atom stereocenters. The van der Waals surface area contributed by atoms with Gasteiger partial charge >= 0.3 is 0 Å². The van der Waals surface area contributed by atoms with Crippen LogP contribution >= 0.6 is 0 Å². The van der Waals surface area contributed by atoms with Crippen molar-refractivity contribution in [3.8, 4) is 5.82 Å². The van der Waals surface area contributed by atoms with Crippen LogP contribution in [-0.4, -0.2) is 32.5 Å². The fourth-order valence-corrected chi connectivity index (χ4v) is 3.89. The van der Waals surface area contributed by atoms with E-state index in [4.69, 9.17) is 4.98 Å². The molecule has 1 aliphatic heterocycles. The molecule has 2 aromatic heterocycles. The predicted molar refractivity (Wildman–Crippen MR) is 104 cm³/mol. The highest BCUT2D eigenvalue weighted by molar-refractivity contribution is 5.28. The molecule has 0 bridgehead atoms. The number of aryl methyl sites for hydroxylation is 1. The van der Waals surface area contributed by atoms with Gasteiger partial charge in [0.25, 0.3) is 0 Å². The highest BCUT2D eigenvalue weighted by Crippen LogP contribution is 2.27. The topological polar surface area (TPSA) is 34.0 Å². The molecule has 1 fully saturated rings. The van der Waals surface area contributed by atoms with Crippen molar-refractivity contribution in [2.24, 2.45) is 0 Å². The second kappa shape index (κ2) is 7.83. The maximum Gasteiger partial charge on any atom is 0.138 e. The summed E-state index contributed by atoms with van der Waals surface area (Å²) in [4.78, 5) is 12.0. The molecule has 26 heavy (non-hydrogen) atoms. The number of hydrogen-bond acceptors (Lipinski definition) is 3. The molecule has 0 spiro atoms. The second-order valence-corrected chi connectivity index (χ2v) is 7.05. The van der Waals surface area contributed by atoms with E-state index in [9.17, 15) is 0 Å². The molecule has 0 amide bonds. The van der Waals surface area contributed by atoms with E-state index in [0.717, 1.165) is 31.2 Å². The van der Waals surface area contributed by atoms with Gasteiger partial charge in [0, 0.05) is 43.5 Å². The lowest BCUT2D eigenvalue weighted by Gasteiger charge is -2.32. The maximum absolute atomic E-state index is 4.99. The van der Waals surface area contributed by atoms with Crippen molar-refractivity contribution >= 4 is 0 Å². The molecular weight excluding hydrogens is 320 g/mol. The summed E-state index contributed by atoms with van der Waals surface area (Å²) in [6.07, 6.45) is 7.22. The highest BCUT2D eigenvalue weighted by atomic mass is 15.1. The van der Waals surface area contributed by atoms with E-state index in [2.05, 4.69) is 69.9 Å². The summed E-state index contributed by atoms with van der Waals surface area (Å²) < 4.78 is 2.11. The van der Waals surface area contributed by atoms with Crippen LogP contribution in [0, 0.1) is 0 Å². The number of rotatable bonds is 5. The monoisotopic (exact) mass is 346 g/mol. The van der Waals surface area contributed by atoms with Crippen LogP contribution in [0.3, 0.4) is 0 Å². The summed E-state index contributed by atoms with van der Waals surface area (Å²) in [5, 5.41) is 0. The Labute approximate surface area is 155 Å². The summed E-state index contributed by atoms with van der Waals surface area (Å²) in [5.74, 6) is 2.54. The van der Waals surface area contributed by atoms with E-state index in [1.165, 1.54) is 30.6 Å². The maximum atomic E-state index is 4.99. The van der Waals surface area contributed by atoms with Crippen molar-refractivity contribution < 1.29 is 0 Å². The van der Waals surface area contributed by atoms with Crippen LogP contribution < -0.4 is 0 Å². The fraction of sp³-hybridized carbons (Fsp3) is 0.364. The lowest BCUT2D eigenvalue weighted by Crippen LogP contribution is -2.34. The fourth-order valence-electron chi connectivity index (χ4n) is 3.89. The van der Waals surface area contributed by atoms with Crippen molar-refractivity contribution in [2.45, 2.75) is 38.6 Å². The molecule has 3 aromatic rings. The van der Waals surface area contributed by atoms with Gasteiger partial charge in [-0.05, 0) is 37.1 Å². The van der Waals surface area contributed by atoms with E-state index in [1.807, 2.05) is 12.4 Å². The van der Waals surface area contributed by atoms with Crippen molar-refractivity contribution in [2.75, 3.05) is 13.1 Å². The summed E-state index contributed by atoms with van der Waals surface area (Å²) >= 11 is 0. The first-order valence-corrected chi connectivity index (χ1v) is 9.59. The lowest BCUT2D eigenvalue weighted by atomic mass is 9.94. The number of aromatic nitrogens is 3. The normalized spacial score (nSPS) is 18.1. The Morgan fingerprint density at radius 2 is 1.96 bits per heavy atom. The molecule has 0 radical (unpaired) electrons. The molecule has 0 unspecified atom stereocenters. The van der Waals surface area contributed by atoms with Gasteiger partial charge < -0.3 is 0 Å². The molecule has 4 rings (SSSR count). The molecule has 3 heterocycles. The van der Waals surface area contributed by atoms with Crippen molar-refractivity contribution in [1.82, 2.24) is 19.4 Å². The van der Waals surface area contributed by atoms with Crippen LogP contribution in [0.25, 0.3) is 5.82 Å². The van der Waals surface area contributed by atoms with Gasteiger partial charge in [-0.25, -0.2) is 9.97 Å². The third kappa shape index (κ3) is 3.70. The number of pyridine rings is 1. The first-order chi connectivity index (χ1) is 12.8. The SMILES string of the molecule is CCc1nccn1-c1cccc([C@H]2CCCN(Cc3ccccc3)C2)n1. The number of likely N-dealkylation sites (tertiary alicyclic amines) is 1. The Balaban J connectivity index is 1.51. The summed E-state index contributed by atoms with van der Waals surface area (Å²) in [6.45, 7) is 5.41. The first-order valence-electron chi connectivity index (χ1n) is 9.59. The summed E-state index contributed by atoms with van der Waals surface area (Å²) in [7, 11) is 0. The van der Waals surface area contributed by atoms with Crippen LogP contribution in [0.15, 0.2) is 60.9 Å². The minimum Gasteiger partial charge on any atom is -0.298 e. The van der Waals surface area contributed by atoms with Crippen LogP contribution in [0.4, 0.5) is 0 Å². The predicted octanol–water partition coefficient (Wildman–Crippen LogP) is 4.21. The molecule has 1 saturated heterocycles. The molecule has 1 aromatic carbocycles. The Hall–Kier alpha value is -2.46. The molecule has 4 nitrogen and oxygen atoms in total. The molecule has 0 aliphatic carbocycles. The number of piperidine rings is 1. The van der Waals surface area contributed by atoms with E-state index in [-0.39, 0.29) is 0 Å². The minimum atomic E-state index is 0.501. The Morgan fingerprint density at radius 1 is 1.08 bits per heavy atom. The van der Waals surface area contributed by atoms with E-state index >= 15 is 0 Å². The molecule has 0 N–H and O–H groups in total. The largest absolute Gasteiger partial charge is 0.298 e. The van der Waals surface area contributed by atoms with Gasteiger partial charge in [-0.15, -0.1) is 0 Å². The van der Waals surface area contributed by atoms with Gasteiger partial charge in [-0.2, -0.15) is 0 Å². The van der Waals surface area contributed by atoms with Crippen LogP contribution in [0.2, 0.25) is 0 Å². The Morgan fingerprint density at radius 3 is 2.81 bits per heavy atom. The van der Waals surface area contributed by atoms with Gasteiger partial charge in [0.2, 0.25) is 0 Å².